The Morgan fingerprint density at radius 1 is 0.833 bits per heavy atom. The van der Waals surface area contributed by atoms with Crippen LogP contribution in [0.5, 0.6) is 0 Å². The largest absolute Gasteiger partial charge is 0.0714 e. The van der Waals surface area contributed by atoms with E-state index in [2.05, 4.69) is 74.5 Å². The summed E-state index contributed by atoms with van der Waals surface area (Å²) in [6, 6.07) is 19.0. The van der Waals surface area contributed by atoms with E-state index in [9.17, 15) is 0 Å². The molecule has 1 aliphatic rings. The lowest BCUT2D eigenvalue weighted by Crippen LogP contribution is -1.78. The van der Waals surface area contributed by atoms with Gasteiger partial charge >= 0.3 is 0 Å². The van der Waals surface area contributed by atoms with Crippen LogP contribution in [0, 0.1) is 12.8 Å². The molecule has 0 saturated carbocycles. The summed E-state index contributed by atoms with van der Waals surface area (Å²) in [5.74, 6) is 1.37. The van der Waals surface area contributed by atoms with Crippen LogP contribution < -0.4 is 0 Å². The van der Waals surface area contributed by atoms with Crippen LogP contribution in [0.15, 0.2) is 66.7 Å². The monoisotopic (exact) mass is 235 g/mol. The van der Waals surface area contributed by atoms with Crippen LogP contribution in [0.1, 0.15) is 23.6 Å². The van der Waals surface area contributed by atoms with E-state index in [1.807, 2.05) is 6.07 Å². The first-order valence-electron chi connectivity index (χ1n) is 6.45. The average molecular weight is 235 g/mol. The predicted octanol–water partition coefficient (Wildman–Crippen LogP) is 4.74. The highest BCUT2D eigenvalue weighted by molar-refractivity contribution is 5.54. The van der Waals surface area contributed by atoms with E-state index in [1.54, 1.807) is 0 Å². The normalized spacial score (nSPS) is 12.8. The van der Waals surface area contributed by atoms with Crippen molar-refractivity contribution in [1.29, 1.82) is 0 Å². The highest BCUT2D eigenvalue weighted by atomic mass is 14.2. The van der Waals surface area contributed by atoms with Crippen LogP contribution in [-0.2, 0) is 6.42 Å². The Morgan fingerprint density at radius 2 is 1.56 bits per heavy atom. The van der Waals surface area contributed by atoms with Gasteiger partial charge in [-0.3, -0.25) is 0 Å². The molecule has 0 atom stereocenters. The van der Waals surface area contributed by atoms with Crippen LogP contribution >= 0.6 is 0 Å². The minimum Gasteiger partial charge on any atom is -0.0714 e. The van der Waals surface area contributed by atoms with Gasteiger partial charge in [0.25, 0.3) is 0 Å². The maximum atomic E-state index is 2.22. The number of hydrogen-bond donors (Lipinski definition) is 0. The van der Waals surface area contributed by atoms with Gasteiger partial charge in [-0.15, -0.1) is 0 Å². The first-order valence-corrected chi connectivity index (χ1v) is 6.45. The molecule has 0 heterocycles. The van der Waals surface area contributed by atoms with E-state index >= 15 is 0 Å². The van der Waals surface area contributed by atoms with Crippen LogP contribution in [0.3, 0.4) is 0 Å². The molecule has 0 fully saturated rings. The Morgan fingerprint density at radius 3 is 2.06 bits per heavy atom. The van der Waals surface area contributed by atoms with Gasteiger partial charge in [0.05, 0.1) is 0 Å². The molecule has 0 bridgehead atoms. The quantitative estimate of drug-likeness (QED) is 0.705. The van der Waals surface area contributed by atoms with E-state index in [0.717, 1.165) is 6.42 Å². The van der Waals surface area contributed by atoms with Crippen molar-refractivity contribution in [3.63, 3.8) is 0 Å². The Bertz CT molecular complexity index is 503. The molecular weight excluding hydrogens is 216 g/mol. The number of aryl methyl sites for hydroxylation is 2. The Labute approximate surface area is 110 Å². The molecule has 3 rings (SSSR count). The Kier molecular flexibility index (Phi) is 4.35. The van der Waals surface area contributed by atoms with Crippen LogP contribution in [0.2, 0.25) is 0 Å². The van der Waals surface area contributed by atoms with Crippen molar-refractivity contribution in [3.8, 4) is 0 Å². The topological polar surface area (TPSA) is 0 Å². The van der Waals surface area contributed by atoms with Crippen molar-refractivity contribution in [3.05, 3.63) is 89.4 Å². The van der Waals surface area contributed by atoms with E-state index in [0.29, 0.717) is 0 Å². The van der Waals surface area contributed by atoms with Gasteiger partial charge < -0.3 is 0 Å². The number of benzene rings is 2. The zero-order valence-corrected chi connectivity index (χ0v) is 11.1. The summed E-state index contributed by atoms with van der Waals surface area (Å²) >= 11 is 0. The highest BCUT2D eigenvalue weighted by Crippen LogP contribution is 2.27. The molecule has 0 amide bonds. The van der Waals surface area contributed by atoms with E-state index in [1.165, 1.54) is 22.6 Å². The van der Waals surface area contributed by atoms with Gasteiger partial charge in [0.1, 0.15) is 0 Å². The zero-order valence-electron chi connectivity index (χ0n) is 11.1. The van der Waals surface area contributed by atoms with E-state index < -0.39 is 0 Å². The predicted molar refractivity (Wildman–Crippen MR) is 78.5 cm³/mol. The second-order valence-electron chi connectivity index (χ2n) is 4.50. The zero-order chi connectivity index (χ0) is 12.8. The van der Waals surface area contributed by atoms with Gasteiger partial charge in [0.15, 0.2) is 0 Å². The van der Waals surface area contributed by atoms with Crippen LogP contribution in [0.4, 0.5) is 0 Å². The summed E-state index contributed by atoms with van der Waals surface area (Å²) in [6.45, 7) is 4.30. The van der Waals surface area contributed by atoms with Gasteiger partial charge in [0.2, 0.25) is 0 Å². The lowest BCUT2D eigenvalue weighted by molar-refractivity contribution is 1.13. The minimum absolute atomic E-state index is 1.14. The maximum Gasteiger partial charge on any atom is 0.0479 e. The second kappa shape index (κ2) is 6.20. The average Bonchev–Trinajstić information content (AvgIpc) is 3.25. The number of hydrogen-bond acceptors (Lipinski definition) is 0. The third-order valence-corrected chi connectivity index (χ3v) is 2.93. The fourth-order valence-corrected chi connectivity index (χ4v) is 1.80. The first kappa shape index (κ1) is 12.6. The molecule has 0 nitrogen and oxygen atoms in total. The summed E-state index contributed by atoms with van der Waals surface area (Å²) in [5.41, 5.74) is 4.11. The van der Waals surface area contributed by atoms with Crippen LogP contribution in [-0.4, -0.2) is 0 Å². The summed E-state index contributed by atoms with van der Waals surface area (Å²) in [6.07, 6.45) is 5.38. The molecule has 0 unspecified atom stereocenters. The summed E-state index contributed by atoms with van der Waals surface area (Å²) in [4.78, 5) is 0. The van der Waals surface area contributed by atoms with Crippen molar-refractivity contribution in [2.24, 2.45) is 0 Å². The molecule has 0 N–H and O–H groups in total. The standard InChI is InChI=1S/C9H7.C9H12/c1-2-4-8(5-3-1)9-6-7-9;1-3-9-6-4-5-8(2)7-9/h1-7H;4-7H,3H2,1-2H3. The molecule has 91 valence electrons. The Balaban J connectivity index is 0.000000134. The van der Waals surface area contributed by atoms with Gasteiger partial charge in [-0.1, -0.05) is 79.2 Å². The molecule has 1 radical (unpaired) electrons. The number of allylic oxidation sites excluding steroid dienone is 2. The highest BCUT2D eigenvalue weighted by Gasteiger charge is 2.12. The van der Waals surface area contributed by atoms with E-state index in [-0.39, 0.29) is 0 Å². The van der Waals surface area contributed by atoms with Gasteiger partial charge in [-0.05, 0) is 24.5 Å². The van der Waals surface area contributed by atoms with Gasteiger partial charge in [0, 0.05) is 5.92 Å². The lowest BCUT2D eigenvalue weighted by atomic mass is 10.1. The van der Waals surface area contributed by atoms with Crippen molar-refractivity contribution < 1.29 is 0 Å². The molecule has 0 aliphatic heterocycles. The molecular formula is C18H19. The summed E-state index contributed by atoms with van der Waals surface area (Å²) < 4.78 is 0. The van der Waals surface area contributed by atoms with E-state index in [4.69, 9.17) is 0 Å². The number of rotatable bonds is 2. The molecule has 2 aromatic rings. The molecule has 1 aliphatic carbocycles. The van der Waals surface area contributed by atoms with Gasteiger partial charge in [-0.2, -0.15) is 0 Å². The molecule has 18 heavy (non-hydrogen) atoms. The van der Waals surface area contributed by atoms with Gasteiger partial charge in [-0.25, -0.2) is 0 Å². The van der Waals surface area contributed by atoms with Crippen molar-refractivity contribution in [2.45, 2.75) is 20.3 Å². The molecule has 0 saturated heterocycles. The third-order valence-electron chi connectivity index (χ3n) is 2.93. The first-order chi connectivity index (χ1) is 8.79. The van der Waals surface area contributed by atoms with Crippen molar-refractivity contribution >= 4 is 0 Å². The fourth-order valence-electron chi connectivity index (χ4n) is 1.80. The molecule has 0 heteroatoms. The smallest absolute Gasteiger partial charge is 0.0479 e. The van der Waals surface area contributed by atoms with Crippen molar-refractivity contribution in [1.82, 2.24) is 0 Å². The maximum absolute atomic E-state index is 2.22. The second-order valence-corrected chi connectivity index (χ2v) is 4.50. The summed E-state index contributed by atoms with van der Waals surface area (Å²) in [7, 11) is 0. The lowest BCUT2D eigenvalue weighted by Gasteiger charge is -1.95. The summed E-state index contributed by atoms with van der Waals surface area (Å²) in [5, 5.41) is 0. The molecule has 2 aromatic carbocycles. The van der Waals surface area contributed by atoms with Crippen LogP contribution in [0.25, 0.3) is 0 Å². The molecule has 0 aromatic heterocycles. The minimum atomic E-state index is 1.14. The third kappa shape index (κ3) is 3.89. The fraction of sp³-hybridized carbons (Fsp3) is 0.167. The molecule has 0 spiro atoms. The van der Waals surface area contributed by atoms with Crippen molar-refractivity contribution in [2.75, 3.05) is 0 Å². The SMILES string of the molecule is C1=C[C]1c1ccccc1.CCc1cccc(C)c1. The Hall–Kier alpha value is -1.82.